The molecule has 1 aromatic heterocycles. The number of nitrogens with one attached hydrogen (secondary N) is 1. The molecule has 3 nitrogen and oxygen atoms in total. The second-order valence-corrected chi connectivity index (χ2v) is 4.87. The standard InChI is InChI=1S/C14H16FN3/c1-10-4-12(15)6-13(5-10)18-9-17-8-14(18)11-2-3-16-7-11/h4-6,8-9,11,16H,2-3,7H2,1H3. The van der Waals surface area contributed by atoms with E-state index < -0.39 is 0 Å². The molecule has 1 N–H and O–H groups in total. The van der Waals surface area contributed by atoms with Crippen molar-refractivity contribution < 1.29 is 4.39 Å². The third-order valence-electron chi connectivity index (χ3n) is 3.45. The molecule has 1 atom stereocenters. The minimum atomic E-state index is -0.200. The normalized spacial score (nSPS) is 19.3. The summed E-state index contributed by atoms with van der Waals surface area (Å²) >= 11 is 0. The summed E-state index contributed by atoms with van der Waals surface area (Å²) in [4.78, 5) is 4.22. The highest BCUT2D eigenvalue weighted by molar-refractivity contribution is 5.38. The van der Waals surface area contributed by atoms with Crippen LogP contribution >= 0.6 is 0 Å². The van der Waals surface area contributed by atoms with E-state index in [9.17, 15) is 4.39 Å². The van der Waals surface area contributed by atoms with Crippen LogP contribution in [0.4, 0.5) is 4.39 Å². The Kier molecular flexibility index (Phi) is 2.88. The van der Waals surface area contributed by atoms with Gasteiger partial charge in [0.2, 0.25) is 0 Å². The summed E-state index contributed by atoms with van der Waals surface area (Å²) in [5.74, 6) is 0.269. The molecule has 94 valence electrons. The van der Waals surface area contributed by atoms with Crippen LogP contribution in [0.1, 0.15) is 23.6 Å². The molecule has 0 bridgehead atoms. The van der Waals surface area contributed by atoms with Gasteiger partial charge < -0.3 is 9.88 Å². The van der Waals surface area contributed by atoms with Gasteiger partial charge in [0.25, 0.3) is 0 Å². The molecular weight excluding hydrogens is 229 g/mol. The summed E-state index contributed by atoms with van der Waals surface area (Å²) in [7, 11) is 0. The highest BCUT2D eigenvalue weighted by Crippen LogP contribution is 2.25. The van der Waals surface area contributed by atoms with Crippen molar-refractivity contribution in [2.75, 3.05) is 13.1 Å². The van der Waals surface area contributed by atoms with Crippen LogP contribution in [0.5, 0.6) is 0 Å². The van der Waals surface area contributed by atoms with Gasteiger partial charge >= 0.3 is 0 Å². The van der Waals surface area contributed by atoms with Crippen LogP contribution in [-0.2, 0) is 0 Å². The molecule has 0 amide bonds. The summed E-state index contributed by atoms with van der Waals surface area (Å²) in [5.41, 5.74) is 2.94. The van der Waals surface area contributed by atoms with Crippen molar-refractivity contribution in [1.82, 2.24) is 14.9 Å². The van der Waals surface area contributed by atoms with Gasteiger partial charge in [0.15, 0.2) is 0 Å². The van der Waals surface area contributed by atoms with E-state index in [4.69, 9.17) is 0 Å². The Hall–Kier alpha value is -1.68. The molecule has 2 heterocycles. The second kappa shape index (κ2) is 4.53. The minimum Gasteiger partial charge on any atom is -0.316 e. The zero-order chi connectivity index (χ0) is 12.5. The predicted molar refractivity (Wildman–Crippen MR) is 68.5 cm³/mol. The van der Waals surface area contributed by atoms with Gasteiger partial charge in [-0.15, -0.1) is 0 Å². The van der Waals surface area contributed by atoms with E-state index in [0.717, 1.165) is 36.5 Å². The molecule has 1 fully saturated rings. The first kappa shape index (κ1) is 11.4. The van der Waals surface area contributed by atoms with Gasteiger partial charge in [0.1, 0.15) is 5.82 Å². The summed E-state index contributed by atoms with van der Waals surface area (Å²) in [6, 6.07) is 5.08. The second-order valence-electron chi connectivity index (χ2n) is 4.87. The molecule has 2 aromatic rings. The molecule has 0 saturated carbocycles. The number of hydrogen-bond acceptors (Lipinski definition) is 2. The minimum absolute atomic E-state index is 0.200. The van der Waals surface area contributed by atoms with Gasteiger partial charge in [0, 0.05) is 30.0 Å². The van der Waals surface area contributed by atoms with Gasteiger partial charge in [-0.1, -0.05) is 0 Å². The number of aryl methyl sites for hydroxylation is 1. The lowest BCUT2D eigenvalue weighted by Crippen LogP contribution is -2.10. The van der Waals surface area contributed by atoms with Crippen LogP contribution in [0, 0.1) is 12.7 Å². The topological polar surface area (TPSA) is 29.9 Å². The van der Waals surface area contributed by atoms with Crippen molar-refractivity contribution in [3.8, 4) is 5.69 Å². The fraction of sp³-hybridized carbons (Fsp3) is 0.357. The van der Waals surface area contributed by atoms with Crippen LogP contribution < -0.4 is 5.32 Å². The van der Waals surface area contributed by atoms with Crippen molar-refractivity contribution in [2.45, 2.75) is 19.3 Å². The van der Waals surface area contributed by atoms with Crippen LogP contribution in [0.3, 0.4) is 0 Å². The predicted octanol–water partition coefficient (Wildman–Crippen LogP) is 2.40. The molecule has 18 heavy (non-hydrogen) atoms. The van der Waals surface area contributed by atoms with E-state index in [1.807, 2.05) is 23.8 Å². The van der Waals surface area contributed by atoms with Crippen molar-refractivity contribution in [3.05, 3.63) is 47.8 Å². The van der Waals surface area contributed by atoms with Crippen LogP contribution in [0.15, 0.2) is 30.7 Å². The number of benzene rings is 1. The summed E-state index contributed by atoms with van der Waals surface area (Å²) in [5, 5.41) is 3.35. The van der Waals surface area contributed by atoms with E-state index >= 15 is 0 Å². The Bertz CT molecular complexity index is 536. The molecule has 1 saturated heterocycles. The number of aromatic nitrogens is 2. The Morgan fingerprint density at radius 1 is 1.39 bits per heavy atom. The first-order valence-electron chi connectivity index (χ1n) is 6.24. The number of hydrogen-bond donors (Lipinski definition) is 1. The smallest absolute Gasteiger partial charge is 0.125 e. The maximum Gasteiger partial charge on any atom is 0.125 e. The summed E-state index contributed by atoms with van der Waals surface area (Å²) in [6.07, 6.45) is 4.76. The van der Waals surface area contributed by atoms with Crippen molar-refractivity contribution >= 4 is 0 Å². The Morgan fingerprint density at radius 3 is 3.00 bits per heavy atom. The summed E-state index contributed by atoms with van der Waals surface area (Å²) in [6.45, 7) is 3.92. The number of halogens is 1. The van der Waals surface area contributed by atoms with Gasteiger partial charge in [-0.2, -0.15) is 0 Å². The van der Waals surface area contributed by atoms with Crippen molar-refractivity contribution in [2.24, 2.45) is 0 Å². The molecule has 1 aromatic carbocycles. The molecule has 3 rings (SSSR count). The Labute approximate surface area is 106 Å². The Morgan fingerprint density at radius 2 is 2.28 bits per heavy atom. The maximum absolute atomic E-state index is 13.5. The fourth-order valence-electron chi connectivity index (χ4n) is 2.59. The average molecular weight is 245 g/mol. The lowest BCUT2D eigenvalue weighted by Gasteiger charge is -2.13. The lowest BCUT2D eigenvalue weighted by atomic mass is 10.1. The molecule has 0 spiro atoms. The first-order valence-corrected chi connectivity index (χ1v) is 6.24. The monoisotopic (exact) mass is 245 g/mol. The average Bonchev–Trinajstić information content (AvgIpc) is 2.98. The third-order valence-corrected chi connectivity index (χ3v) is 3.45. The van der Waals surface area contributed by atoms with Crippen molar-refractivity contribution in [1.29, 1.82) is 0 Å². The van der Waals surface area contributed by atoms with E-state index in [1.165, 1.54) is 6.07 Å². The molecule has 1 aliphatic heterocycles. The number of imidazole rings is 1. The van der Waals surface area contributed by atoms with Gasteiger partial charge in [-0.05, 0) is 43.7 Å². The molecule has 1 unspecified atom stereocenters. The van der Waals surface area contributed by atoms with E-state index in [-0.39, 0.29) is 5.82 Å². The van der Waals surface area contributed by atoms with Crippen LogP contribution in [0.25, 0.3) is 5.69 Å². The SMILES string of the molecule is Cc1cc(F)cc(-n2cncc2C2CCNC2)c1. The highest BCUT2D eigenvalue weighted by Gasteiger charge is 2.20. The van der Waals surface area contributed by atoms with Gasteiger partial charge in [-0.25, -0.2) is 9.37 Å². The van der Waals surface area contributed by atoms with Crippen molar-refractivity contribution in [3.63, 3.8) is 0 Å². The largest absolute Gasteiger partial charge is 0.316 e. The molecule has 4 heteroatoms. The van der Waals surface area contributed by atoms with E-state index in [2.05, 4.69) is 10.3 Å². The number of nitrogens with zero attached hydrogens (tertiary/aromatic N) is 2. The van der Waals surface area contributed by atoms with E-state index in [1.54, 1.807) is 12.4 Å². The zero-order valence-corrected chi connectivity index (χ0v) is 10.4. The van der Waals surface area contributed by atoms with Gasteiger partial charge in [-0.3, -0.25) is 0 Å². The Balaban J connectivity index is 2.03. The quantitative estimate of drug-likeness (QED) is 0.880. The molecule has 1 aliphatic rings. The molecule has 0 aliphatic carbocycles. The third kappa shape index (κ3) is 2.04. The number of rotatable bonds is 2. The fourth-order valence-corrected chi connectivity index (χ4v) is 2.59. The first-order chi connectivity index (χ1) is 8.74. The van der Waals surface area contributed by atoms with Gasteiger partial charge in [0.05, 0.1) is 6.33 Å². The van der Waals surface area contributed by atoms with Crippen LogP contribution in [-0.4, -0.2) is 22.6 Å². The zero-order valence-electron chi connectivity index (χ0n) is 10.4. The molecular formula is C14H16FN3. The van der Waals surface area contributed by atoms with E-state index in [0.29, 0.717) is 5.92 Å². The summed E-state index contributed by atoms with van der Waals surface area (Å²) < 4.78 is 15.5. The lowest BCUT2D eigenvalue weighted by molar-refractivity contribution is 0.624. The molecule has 0 radical (unpaired) electrons. The van der Waals surface area contributed by atoms with Crippen LogP contribution in [0.2, 0.25) is 0 Å². The maximum atomic E-state index is 13.5. The highest BCUT2D eigenvalue weighted by atomic mass is 19.1.